The fourth-order valence-corrected chi connectivity index (χ4v) is 3.16. The summed E-state index contributed by atoms with van der Waals surface area (Å²) in [6.45, 7) is 9.48. The smallest absolute Gasteiger partial charge is 0.223 e. The highest BCUT2D eigenvalue weighted by Gasteiger charge is 2.27. The molecule has 0 aliphatic carbocycles. The summed E-state index contributed by atoms with van der Waals surface area (Å²) in [5, 5.41) is 3.11. The minimum absolute atomic E-state index is 0.0246. The molecule has 1 aromatic rings. The van der Waals surface area contributed by atoms with Crippen LogP contribution in [0.2, 0.25) is 0 Å². The van der Waals surface area contributed by atoms with Crippen molar-refractivity contribution in [3.63, 3.8) is 0 Å². The van der Waals surface area contributed by atoms with Crippen molar-refractivity contribution in [3.8, 4) is 5.75 Å². The second-order valence-corrected chi connectivity index (χ2v) is 6.48. The highest BCUT2D eigenvalue weighted by atomic mass is 16.5. The molecule has 1 atom stereocenters. The Labute approximate surface area is 144 Å². The molecular weight excluding hydrogens is 304 g/mol. The van der Waals surface area contributed by atoms with Crippen LogP contribution in [-0.2, 0) is 9.59 Å². The van der Waals surface area contributed by atoms with E-state index in [2.05, 4.69) is 11.4 Å². The van der Waals surface area contributed by atoms with Crippen LogP contribution in [0.15, 0.2) is 18.2 Å². The van der Waals surface area contributed by atoms with Gasteiger partial charge >= 0.3 is 0 Å². The lowest BCUT2D eigenvalue weighted by Gasteiger charge is -2.31. The summed E-state index contributed by atoms with van der Waals surface area (Å²) in [6.07, 6.45) is 1.45. The van der Waals surface area contributed by atoms with Crippen LogP contribution in [0.4, 0.5) is 0 Å². The summed E-state index contributed by atoms with van der Waals surface area (Å²) < 4.78 is 5.69. The molecule has 1 aromatic carbocycles. The van der Waals surface area contributed by atoms with Crippen molar-refractivity contribution < 1.29 is 14.3 Å². The highest BCUT2D eigenvalue weighted by molar-refractivity contribution is 5.80. The number of nitrogens with zero attached hydrogens (tertiary/aromatic N) is 1. The largest absolute Gasteiger partial charge is 0.494 e. The normalized spacial score (nSPS) is 16.6. The number of rotatable bonds is 5. The van der Waals surface area contributed by atoms with Gasteiger partial charge in [0.25, 0.3) is 0 Å². The van der Waals surface area contributed by atoms with Crippen molar-refractivity contribution in [1.29, 1.82) is 0 Å². The zero-order valence-corrected chi connectivity index (χ0v) is 15.1. The molecule has 1 unspecified atom stereocenters. The number of likely N-dealkylation sites (tertiary alicyclic amines) is 1. The van der Waals surface area contributed by atoms with Crippen LogP contribution < -0.4 is 10.1 Å². The number of piperidine rings is 1. The first-order valence-electron chi connectivity index (χ1n) is 8.71. The van der Waals surface area contributed by atoms with E-state index in [0.29, 0.717) is 19.7 Å². The lowest BCUT2D eigenvalue weighted by molar-refractivity contribution is -0.134. The van der Waals surface area contributed by atoms with Gasteiger partial charge in [-0.05, 0) is 39.7 Å². The standard InChI is InChI=1S/C19H28N2O3/c1-5-24-18-7-6-13(2)12-17(18)14(3)20-19(23)16-8-10-21(11-9-16)15(4)22/h6-7,12,14,16H,5,8-11H2,1-4H3,(H,20,23). The fourth-order valence-electron chi connectivity index (χ4n) is 3.16. The molecule has 0 spiro atoms. The topological polar surface area (TPSA) is 58.6 Å². The number of carbonyl (C=O) groups is 2. The molecule has 2 amide bonds. The predicted octanol–water partition coefficient (Wildman–Crippen LogP) is 2.83. The molecule has 1 saturated heterocycles. The minimum atomic E-state index is -0.107. The first kappa shape index (κ1) is 18.3. The van der Waals surface area contributed by atoms with E-state index >= 15 is 0 Å². The minimum Gasteiger partial charge on any atom is -0.494 e. The Kier molecular flexibility index (Phi) is 6.23. The van der Waals surface area contributed by atoms with Crippen molar-refractivity contribution in [2.45, 2.75) is 46.6 Å². The molecule has 0 bridgehead atoms. The van der Waals surface area contributed by atoms with Crippen LogP contribution in [0.25, 0.3) is 0 Å². The molecule has 0 radical (unpaired) electrons. The molecule has 1 aliphatic heterocycles. The Morgan fingerprint density at radius 3 is 2.58 bits per heavy atom. The van der Waals surface area contributed by atoms with Crippen LogP contribution in [0, 0.1) is 12.8 Å². The Morgan fingerprint density at radius 1 is 1.33 bits per heavy atom. The number of hydrogen-bond donors (Lipinski definition) is 1. The maximum atomic E-state index is 12.6. The van der Waals surface area contributed by atoms with Gasteiger partial charge in [0.2, 0.25) is 11.8 Å². The second kappa shape index (κ2) is 8.18. The molecule has 5 heteroatoms. The van der Waals surface area contributed by atoms with Gasteiger partial charge in [0.1, 0.15) is 5.75 Å². The van der Waals surface area contributed by atoms with Gasteiger partial charge in [-0.25, -0.2) is 0 Å². The molecule has 2 rings (SSSR count). The monoisotopic (exact) mass is 332 g/mol. The van der Waals surface area contributed by atoms with Crippen molar-refractivity contribution >= 4 is 11.8 Å². The van der Waals surface area contributed by atoms with E-state index in [4.69, 9.17) is 4.74 Å². The maximum absolute atomic E-state index is 12.6. The predicted molar refractivity (Wildman–Crippen MR) is 93.9 cm³/mol. The van der Waals surface area contributed by atoms with Crippen LogP contribution >= 0.6 is 0 Å². The number of aryl methyl sites for hydroxylation is 1. The summed E-state index contributed by atoms with van der Waals surface area (Å²) in [5.41, 5.74) is 2.15. The van der Waals surface area contributed by atoms with Crippen molar-refractivity contribution in [2.75, 3.05) is 19.7 Å². The maximum Gasteiger partial charge on any atom is 0.223 e. The van der Waals surface area contributed by atoms with Gasteiger partial charge in [-0.3, -0.25) is 9.59 Å². The summed E-state index contributed by atoms with van der Waals surface area (Å²) in [6, 6.07) is 5.93. The number of ether oxygens (including phenoxy) is 1. The van der Waals surface area contributed by atoms with E-state index < -0.39 is 0 Å². The van der Waals surface area contributed by atoms with Crippen molar-refractivity contribution in [3.05, 3.63) is 29.3 Å². The highest BCUT2D eigenvalue weighted by Crippen LogP contribution is 2.27. The van der Waals surface area contributed by atoms with Gasteiger partial charge in [0, 0.05) is 31.5 Å². The van der Waals surface area contributed by atoms with Crippen LogP contribution in [0.5, 0.6) is 5.75 Å². The first-order valence-corrected chi connectivity index (χ1v) is 8.71. The Bertz CT molecular complexity index is 592. The van der Waals surface area contributed by atoms with Gasteiger partial charge in [0.05, 0.1) is 12.6 Å². The molecule has 1 N–H and O–H groups in total. The van der Waals surface area contributed by atoms with Crippen LogP contribution in [0.3, 0.4) is 0 Å². The number of benzene rings is 1. The molecule has 132 valence electrons. The van der Waals surface area contributed by atoms with Gasteiger partial charge in [-0.2, -0.15) is 0 Å². The third-order valence-corrected chi connectivity index (χ3v) is 4.60. The summed E-state index contributed by atoms with van der Waals surface area (Å²) in [7, 11) is 0. The molecule has 0 aromatic heterocycles. The van der Waals surface area contributed by atoms with Gasteiger partial charge in [-0.15, -0.1) is 0 Å². The van der Waals surface area contributed by atoms with Crippen molar-refractivity contribution in [2.24, 2.45) is 5.92 Å². The van der Waals surface area contributed by atoms with Crippen molar-refractivity contribution in [1.82, 2.24) is 10.2 Å². The quantitative estimate of drug-likeness (QED) is 0.902. The summed E-state index contributed by atoms with van der Waals surface area (Å²) >= 11 is 0. The summed E-state index contributed by atoms with van der Waals surface area (Å²) in [4.78, 5) is 25.7. The molecule has 0 saturated carbocycles. The number of hydrogen-bond acceptors (Lipinski definition) is 3. The zero-order chi connectivity index (χ0) is 17.7. The van der Waals surface area contributed by atoms with E-state index in [1.54, 1.807) is 11.8 Å². The molecule has 5 nitrogen and oxygen atoms in total. The molecular formula is C19H28N2O3. The van der Waals surface area contributed by atoms with Crippen LogP contribution in [0.1, 0.15) is 50.8 Å². The average molecular weight is 332 g/mol. The Morgan fingerprint density at radius 2 is 2.00 bits per heavy atom. The SMILES string of the molecule is CCOc1ccc(C)cc1C(C)NC(=O)C1CCN(C(C)=O)CC1. The van der Waals surface area contributed by atoms with Gasteiger partial charge in [-0.1, -0.05) is 17.7 Å². The Balaban J connectivity index is 1.99. The lowest BCUT2D eigenvalue weighted by Crippen LogP contribution is -2.42. The fraction of sp³-hybridized carbons (Fsp3) is 0.579. The Hall–Kier alpha value is -2.04. The van der Waals surface area contributed by atoms with E-state index in [-0.39, 0.29) is 23.8 Å². The third kappa shape index (κ3) is 4.49. The zero-order valence-electron chi connectivity index (χ0n) is 15.1. The molecule has 24 heavy (non-hydrogen) atoms. The number of nitrogens with one attached hydrogen (secondary N) is 1. The summed E-state index contributed by atoms with van der Waals surface area (Å²) in [5.74, 6) is 0.948. The van der Waals surface area contributed by atoms with E-state index in [1.807, 2.05) is 32.9 Å². The number of amides is 2. The number of carbonyl (C=O) groups excluding carboxylic acids is 2. The van der Waals surface area contributed by atoms with Gasteiger partial charge in [0.15, 0.2) is 0 Å². The third-order valence-electron chi connectivity index (χ3n) is 4.60. The van der Waals surface area contributed by atoms with Gasteiger partial charge < -0.3 is 15.0 Å². The van der Waals surface area contributed by atoms with E-state index in [0.717, 1.165) is 29.7 Å². The lowest BCUT2D eigenvalue weighted by atomic mass is 9.95. The van der Waals surface area contributed by atoms with Crippen LogP contribution in [-0.4, -0.2) is 36.4 Å². The second-order valence-electron chi connectivity index (χ2n) is 6.48. The molecule has 1 aliphatic rings. The van der Waals surface area contributed by atoms with E-state index in [9.17, 15) is 9.59 Å². The first-order chi connectivity index (χ1) is 11.4. The molecule has 1 heterocycles. The molecule has 1 fully saturated rings. The average Bonchev–Trinajstić information content (AvgIpc) is 2.56. The van der Waals surface area contributed by atoms with E-state index in [1.165, 1.54) is 0 Å².